The highest BCUT2D eigenvalue weighted by atomic mass is 32.2. The molecule has 4 rings (SSSR count). The van der Waals surface area contributed by atoms with E-state index in [1.54, 1.807) is 41.0 Å². The number of halogens is 1. The summed E-state index contributed by atoms with van der Waals surface area (Å²) in [4.78, 5) is 12.6. The molecule has 34 heavy (non-hydrogen) atoms. The number of methoxy groups -OCH3 is 2. The SMILES string of the molecule is COc1ccc(C(=O)NCCc2nnc(SCC3CCCO3)n2-c2ccccc2F)cc1OC. The second-order valence-corrected chi connectivity index (χ2v) is 8.69. The summed E-state index contributed by atoms with van der Waals surface area (Å²) in [5, 5.41) is 12.1. The lowest BCUT2D eigenvalue weighted by molar-refractivity contribution is 0.0953. The molecule has 1 amide bonds. The van der Waals surface area contributed by atoms with Gasteiger partial charge in [0, 0.05) is 30.9 Å². The first kappa shape index (κ1) is 24.0. The van der Waals surface area contributed by atoms with E-state index in [-0.39, 0.29) is 17.8 Å². The van der Waals surface area contributed by atoms with Gasteiger partial charge in [0.1, 0.15) is 11.6 Å². The molecule has 3 aromatic rings. The highest BCUT2D eigenvalue weighted by Gasteiger charge is 2.21. The molecule has 1 fully saturated rings. The van der Waals surface area contributed by atoms with Gasteiger partial charge >= 0.3 is 0 Å². The maximum absolute atomic E-state index is 14.7. The number of para-hydroxylation sites is 1. The van der Waals surface area contributed by atoms with Crippen LogP contribution in [0.3, 0.4) is 0 Å². The fraction of sp³-hybridized carbons (Fsp3) is 0.375. The molecule has 2 aromatic carbocycles. The summed E-state index contributed by atoms with van der Waals surface area (Å²) in [6.45, 7) is 1.08. The Kier molecular flexibility index (Phi) is 8.02. The zero-order valence-electron chi connectivity index (χ0n) is 19.1. The van der Waals surface area contributed by atoms with Crippen LogP contribution in [-0.2, 0) is 11.2 Å². The van der Waals surface area contributed by atoms with Gasteiger partial charge in [0.05, 0.1) is 26.0 Å². The Labute approximate surface area is 201 Å². The van der Waals surface area contributed by atoms with Gasteiger partial charge in [-0.25, -0.2) is 4.39 Å². The highest BCUT2D eigenvalue weighted by molar-refractivity contribution is 7.99. The van der Waals surface area contributed by atoms with Crippen LogP contribution < -0.4 is 14.8 Å². The molecule has 0 spiro atoms. The van der Waals surface area contributed by atoms with Crippen molar-refractivity contribution in [3.8, 4) is 17.2 Å². The van der Waals surface area contributed by atoms with E-state index >= 15 is 0 Å². The molecular formula is C24H27FN4O4S. The Morgan fingerprint density at radius 3 is 2.76 bits per heavy atom. The van der Waals surface area contributed by atoms with E-state index < -0.39 is 0 Å². The van der Waals surface area contributed by atoms with Crippen molar-refractivity contribution in [2.45, 2.75) is 30.5 Å². The topological polar surface area (TPSA) is 87.5 Å². The van der Waals surface area contributed by atoms with E-state index in [1.807, 2.05) is 0 Å². The second kappa shape index (κ2) is 11.3. The van der Waals surface area contributed by atoms with E-state index in [0.717, 1.165) is 25.2 Å². The van der Waals surface area contributed by atoms with E-state index in [2.05, 4.69) is 15.5 Å². The number of hydrogen-bond donors (Lipinski definition) is 1. The van der Waals surface area contributed by atoms with Crippen molar-refractivity contribution in [3.63, 3.8) is 0 Å². The van der Waals surface area contributed by atoms with Crippen molar-refractivity contribution in [1.29, 1.82) is 0 Å². The van der Waals surface area contributed by atoms with Crippen LogP contribution in [0.2, 0.25) is 0 Å². The Bertz CT molecular complexity index is 1130. The van der Waals surface area contributed by atoms with E-state index in [0.29, 0.717) is 46.7 Å². The minimum Gasteiger partial charge on any atom is -0.493 e. The number of carbonyl (C=O) groups is 1. The zero-order chi connectivity index (χ0) is 23.9. The molecular weight excluding hydrogens is 459 g/mol. The lowest BCUT2D eigenvalue weighted by Gasteiger charge is -2.13. The first-order valence-corrected chi connectivity index (χ1v) is 12.0. The molecule has 1 saturated heterocycles. The van der Waals surface area contributed by atoms with Crippen LogP contribution in [-0.4, -0.2) is 59.9 Å². The van der Waals surface area contributed by atoms with Crippen LogP contribution in [0.4, 0.5) is 4.39 Å². The Morgan fingerprint density at radius 2 is 2.03 bits per heavy atom. The third-order valence-corrected chi connectivity index (χ3v) is 6.56. The average molecular weight is 487 g/mol. The normalized spacial score (nSPS) is 15.3. The Morgan fingerprint density at radius 1 is 1.21 bits per heavy atom. The number of ether oxygens (including phenoxy) is 3. The average Bonchev–Trinajstić information content (AvgIpc) is 3.52. The van der Waals surface area contributed by atoms with E-state index in [1.165, 1.54) is 32.0 Å². The second-order valence-electron chi connectivity index (χ2n) is 7.71. The quantitative estimate of drug-likeness (QED) is 0.438. The first-order valence-electron chi connectivity index (χ1n) is 11.0. The van der Waals surface area contributed by atoms with Gasteiger partial charge in [-0.3, -0.25) is 9.36 Å². The molecule has 1 N–H and O–H groups in total. The molecule has 1 aromatic heterocycles. The van der Waals surface area contributed by atoms with Crippen molar-refractivity contribution >= 4 is 17.7 Å². The summed E-state index contributed by atoms with van der Waals surface area (Å²) in [6.07, 6.45) is 2.60. The van der Waals surface area contributed by atoms with Gasteiger partial charge in [-0.1, -0.05) is 23.9 Å². The lowest BCUT2D eigenvalue weighted by atomic mass is 10.2. The van der Waals surface area contributed by atoms with Crippen LogP contribution in [0.5, 0.6) is 11.5 Å². The first-order chi connectivity index (χ1) is 16.6. The zero-order valence-corrected chi connectivity index (χ0v) is 19.9. The summed E-state index contributed by atoms with van der Waals surface area (Å²) < 4.78 is 32.6. The number of carbonyl (C=O) groups excluding carboxylic acids is 1. The van der Waals surface area contributed by atoms with Crippen LogP contribution in [0.1, 0.15) is 29.0 Å². The van der Waals surface area contributed by atoms with Gasteiger partial charge in [0.15, 0.2) is 16.7 Å². The van der Waals surface area contributed by atoms with Crippen LogP contribution in [0.15, 0.2) is 47.6 Å². The van der Waals surface area contributed by atoms with Crippen molar-refractivity contribution in [2.75, 3.05) is 33.1 Å². The smallest absolute Gasteiger partial charge is 0.251 e. The molecule has 1 aliphatic heterocycles. The number of nitrogens with one attached hydrogen (secondary N) is 1. The Balaban J connectivity index is 1.47. The molecule has 1 unspecified atom stereocenters. The van der Waals surface area contributed by atoms with Crippen molar-refractivity contribution < 1.29 is 23.4 Å². The van der Waals surface area contributed by atoms with Gasteiger partial charge in [-0.15, -0.1) is 10.2 Å². The molecule has 180 valence electrons. The third-order valence-electron chi connectivity index (χ3n) is 5.50. The monoisotopic (exact) mass is 486 g/mol. The van der Waals surface area contributed by atoms with Crippen LogP contribution in [0.25, 0.3) is 5.69 Å². The lowest BCUT2D eigenvalue weighted by Crippen LogP contribution is -2.26. The number of aromatic nitrogens is 3. The van der Waals surface area contributed by atoms with Gasteiger partial charge in [-0.05, 0) is 43.2 Å². The number of amides is 1. The highest BCUT2D eigenvalue weighted by Crippen LogP contribution is 2.28. The fourth-order valence-corrected chi connectivity index (χ4v) is 4.77. The van der Waals surface area contributed by atoms with Gasteiger partial charge in [0.2, 0.25) is 0 Å². The summed E-state index contributed by atoms with van der Waals surface area (Å²) in [7, 11) is 3.06. The van der Waals surface area contributed by atoms with Gasteiger partial charge in [0.25, 0.3) is 5.91 Å². The molecule has 0 aliphatic carbocycles. The molecule has 0 saturated carbocycles. The summed E-state index contributed by atoms with van der Waals surface area (Å²) in [5.74, 6) is 1.69. The maximum atomic E-state index is 14.7. The van der Waals surface area contributed by atoms with Gasteiger partial charge in [-0.2, -0.15) is 0 Å². The number of rotatable bonds is 10. The van der Waals surface area contributed by atoms with Crippen LogP contribution >= 0.6 is 11.8 Å². The maximum Gasteiger partial charge on any atom is 0.251 e. The number of nitrogens with zero attached hydrogens (tertiary/aromatic N) is 3. The van der Waals surface area contributed by atoms with Crippen molar-refractivity contribution in [2.24, 2.45) is 0 Å². The Hall–Kier alpha value is -3.11. The molecule has 0 radical (unpaired) electrons. The molecule has 2 heterocycles. The number of thioether (sulfide) groups is 1. The fourth-order valence-electron chi connectivity index (χ4n) is 3.74. The summed E-state index contributed by atoms with van der Waals surface area (Å²) in [6, 6.07) is 11.5. The minimum absolute atomic E-state index is 0.167. The minimum atomic E-state index is -0.364. The number of hydrogen-bond acceptors (Lipinski definition) is 7. The molecule has 10 heteroatoms. The predicted octanol–water partition coefficient (Wildman–Crippen LogP) is 3.67. The molecule has 8 nitrogen and oxygen atoms in total. The van der Waals surface area contributed by atoms with Crippen LogP contribution in [0, 0.1) is 5.82 Å². The largest absolute Gasteiger partial charge is 0.493 e. The summed E-state index contributed by atoms with van der Waals surface area (Å²) >= 11 is 1.50. The molecule has 1 atom stereocenters. The summed E-state index contributed by atoms with van der Waals surface area (Å²) in [5.41, 5.74) is 0.824. The predicted molar refractivity (Wildman–Crippen MR) is 127 cm³/mol. The molecule has 0 bridgehead atoms. The molecule has 1 aliphatic rings. The standard InChI is InChI=1S/C24H27FN4O4S/c1-31-20-10-9-16(14-21(20)32-2)23(30)26-12-11-22-27-28-24(34-15-17-6-5-13-33-17)29(22)19-8-4-3-7-18(19)25/h3-4,7-10,14,17H,5-6,11-13,15H2,1-2H3,(H,26,30). The number of benzene rings is 2. The third kappa shape index (κ3) is 5.51. The van der Waals surface area contributed by atoms with Gasteiger partial charge < -0.3 is 19.5 Å². The van der Waals surface area contributed by atoms with E-state index in [9.17, 15) is 9.18 Å². The van der Waals surface area contributed by atoms with Crippen molar-refractivity contribution in [3.05, 3.63) is 59.7 Å². The van der Waals surface area contributed by atoms with Crippen molar-refractivity contribution in [1.82, 2.24) is 20.1 Å². The van der Waals surface area contributed by atoms with E-state index in [4.69, 9.17) is 14.2 Å².